The predicted octanol–water partition coefficient (Wildman–Crippen LogP) is 2.93. The first-order chi connectivity index (χ1) is 5.52. The topological polar surface area (TPSA) is 0 Å². The first-order valence-electron chi connectivity index (χ1n) is 4.39. The van der Waals surface area contributed by atoms with Crippen molar-refractivity contribution in [2.24, 2.45) is 0 Å². The van der Waals surface area contributed by atoms with Crippen LogP contribution in [0.1, 0.15) is 36.5 Å². The molecule has 0 N–H and O–H groups in total. The van der Waals surface area contributed by atoms with Crippen LogP contribution in [0, 0.1) is 13.8 Å². The van der Waals surface area contributed by atoms with E-state index in [2.05, 4.69) is 49.1 Å². The monoisotopic (exact) mass is 180 g/mol. The first kappa shape index (κ1) is 9.74. The summed E-state index contributed by atoms with van der Waals surface area (Å²) in [6.07, 6.45) is 0. The minimum Gasteiger partial charge on any atom is -0.105 e. The summed E-state index contributed by atoms with van der Waals surface area (Å²) in [6.45, 7) is 8.80. The zero-order chi connectivity index (χ0) is 9.30. The average molecular weight is 180 g/mol. The summed E-state index contributed by atoms with van der Waals surface area (Å²) in [5.41, 5.74) is 4.22. The van der Waals surface area contributed by atoms with Gasteiger partial charge in [-0.05, 0) is 41.8 Å². The van der Waals surface area contributed by atoms with Crippen molar-refractivity contribution in [2.75, 3.05) is 0 Å². The van der Waals surface area contributed by atoms with Gasteiger partial charge in [0, 0.05) is 0 Å². The zero-order valence-electron chi connectivity index (χ0n) is 8.31. The number of hydrogen-bond donors (Lipinski definition) is 0. The van der Waals surface area contributed by atoms with E-state index in [1.807, 2.05) is 0 Å². The molecule has 0 amide bonds. The van der Waals surface area contributed by atoms with Gasteiger partial charge < -0.3 is 0 Å². The summed E-state index contributed by atoms with van der Waals surface area (Å²) >= 11 is 0. The quantitative estimate of drug-likeness (QED) is 0.583. The van der Waals surface area contributed by atoms with E-state index in [4.69, 9.17) is 0 Å². The average Bonchev–Trinajstić information content (AvgIpc) is 1.96. The molecule has 1 aromatic rings. The minimum atomic E-state index is 0.622. The predicted molar refractivity (Wildman–Crippen MR) is 59.3 cm³/mol. The largest absolute Gasteiger partial charge is 0.105 e. The first-order valence-corrected chi connectivity index (χ1v) is 4.96. The molecule has 1 aromatic carbocycles. The van der Waals surface area contributed by atoms with Crippen LogP contribution < -0.4 is 5.30 Å². The maximum absolute atomic E-state index is 2.81. The highest BCUT2D eigenvalue weighted by Gasteiger charge is 2.04. The zero-order valence-corrected chi connectivity index (χ0v) is 9.46. The summed E-state index contributed by atoms with van der Waals surface area (Å²) in [5.74, 6) is 0.622. The van der Waals surface area contributed by atoms with Crippen molar-refractivity contribution in [3.63, 3.8) is 0 Å². The van der Waals surface area contributed by atoms with Crippen LogP contribution in [0.25, 0.3) is 0 Å². The highest BCUT2D eigenvalue weighted by molar-refractivity contribution is 7.27. The van der Waals surface area contributed by atoms with Crippen LogP contribution >= 0.6 is 9.24 Å². The smallest absolute Gasteiger partial charge is 0.0213 e. The number of benzene rings is 1. The summed E-state index contributed by atoms with van der Waals surface area (Å²) in [7, 11) is 2.81. The Balaban J connectivity index is 3.23. The molecule has 0 bridgehead atoms. The van der Waals surface area contributed by atoms with Gasteiger partial charge in [0.15, 0.2) is 0 Å². The van der Waals surface area contributed by atoms with Crippen molar-refractivity contribution >= 4 is 14.5 Å². The second kappa shape index (κ2) is 3.58. The van der Waals surface area contributed by atoms with Gasteiger partial charge in [0.05, 0.1) is 0 Å². The fourth-order valence-electron chi connectivity index (χ4n) is 1.36. The molecule has 0 spiro atoms. The van der Waals surface area contributed by atoms with Crippen LogP contribution in [0.5, 0.6) is 0 Å². The van der Waals surface area contributed by atoms with Gasteiger partial charge in [-0.2, -0.15) is 0 Å². The molecular weight excluding hydrogens is 163 g/mol. The van der Waals surface area contributed by atoms with Gasteiger partial charge in [-0.1, -0.05) is 26.0 Å². The maximum Gasteiger partial charge on any atom is -0.0213 e. The highest BCUT2D eigenvalue weighted by Crippen LogP contribution is 2.17. The third-order valence-corrected chi connectivity index (χ3v) is 2.82. The third kappa shape index (κ3) is 1.87. The Labute approximate surface area is 77.6 Å². The molecule has 0 nitrogen and oxygen atoms in total. The Morgan fingerprint density at radius 3 is 2.08 bits per heavy atom. The molecule has 1 rings (SSSR count). The number of aryl methyl sites for hydroxylation is 2. The van der Waals surface area contributed by atoms with E-state index >= 15 is 0 Å². The van der Waals surface area contributed by atoms with Gasteiger partial charge in [0.2, 0.25) is 0 Å². The van der Waals surface area contributed by atoms with E-state index < -0.39 is 0 Å². The molecule has 1 heteroatoms. The Morgan fingerprint density at radius 2 is 1.58 bits per heavy atom. The Hall–Kier alpha value is -0.350. The van der Waals surface area contributed by atoms with E-state index in [9.17, 15) is 0 Å². The van der Waals surface area contributed by atoms with Crippen LogP contribution in [0.4, 0.5) is 0 Å². The Morgan fingerprint density at radius 1 is 1.08 bits per heavy atom. The van der Waals surface area contributed by atoms with Gasteiger partial charge in [-0.15, -0.1) is 9.24 Å². The molecule has 1 atom stereocenters. The molecule has 0 radical (unpaired) electrons. The highest BCUT2D eigenvalue weighted by atomic mass is 31.0. The lowest BCUT2D eigenvalue weighted by atomic mass is 9.98. The van der Waals surface area contributed by atoms with Crippen molar-refractivity contribution in [3.8, 4) is 0 Å². The van der Waals surface area contributed by atoms with E-state index in [1.165, 1.54) is 22.0 Å². The number of rotatable bonds is 1. The maximum atomic E-state index is 2.81. The van der Waals surface area contributed by atoms with E-state index in [0.29, 0.717) is 5.92 Å². The lowest BCUT2D eigenvalue weighted by Crippen LogP contribution is -2.05. The fraction of sp³-hybridized carbons (Fsp3) is 0.455. The normalized spacial score (nSPS) is 10.8. The van der Waals surface area contributed by atoms with Crippen LogP contribution in [0.3, 0.4) is 0 Å². The van der Waals surface area contributed by atoms with Crippen molar-refractivity contribution in [2.45, 2.75) is 33.6 Å². The molecule has 1 unspecified atom stereocenters. The lowest BCUT2D eigenvalue weighted by Gasteiger charge is -2.12. The minimum absolute atomic E-state index is 0.622. The summed E-state index contributed by atoms with van der Waals surface area (Å²) < 4.78 is 0. The molecule has 0 aliphatic heterocycles. The van der Waals surface area contributed by atoms with Gasteiger partial charge in [-0.3, -0.25) is 0 Å². The summed E-state index contributed by atoms with van der Waals surface area (Å²) in [4.78, 5) is 0. The van der Waals surface area contributed by atoms with Crippen LogP contribution in [-0.4, -0.2) is 0 Å². The molecule has 0 saturated heterocycles. The third-order valence-electron chi connectivity index (χ3n) is 2.32. The van der Waals surface area contributed by atoms with Crippen LogP contribution in [0.15, 0.2) is 12.1 Å². The van der Waals surface area contributed by atoms with Gasteiger partial charge in [0.25, 0.3) is 0 Å². The molecule has 0 saturated carbocycles. The molecule has 0 aromatic heterocycles. The van der Waals surface area contributed by atoms with Gasteiger partial charge >= 0.3 is 0 Å². The molecule has 66 valence electrons. The molecule has 0 aliphatic carbocycles. The van der Waals surface area contributed by atoms with Crippen LogP contribution in [0.2, 0.25) is 0 Å². The van der Waals surface area contributed by atoms with Crippen molar-refractivity contribution < 1.29 is 0 Å². The van der Waals surface area contributed by atoms with Crippen LogP contribution in [-0.2, 0) is 0 Å². The summed E-state index contributed by atoms with van der Waals surface area (Å²) in [5, 5.41) is 1.34. The fourth-order valence-corrected chi connectivity index (χ4v) is 2.03. The standard InChI is InChI=1S/C11H17P/c1-7(2)10-5-8(3)9(4)6-11(10)12/h5-7H,12H2,1-4H3. The van der Waals surface area contributed by atoms with Crippen molar-refractivity contribution in [1.82, 2.24) is 0 Å². The molecule has 0 aliphatic rings. The molecule has 0 fully saturated rings. The van der Waals surface area contributed by atoms with Crippen molar-refractivity contribution in [3.05, 3.63) is 28.8 Å². The molecule has 12 heavy (non-hydrogen) atoms. The summed E-state index contributed by atoms with van der Waals surface area (Å²) in [6, 6.07) is 4.54. The molecular formula is C11H17P. The van der Waals surface area contributed by atoms with E-state index in [1.54, 1.807) is 0 Å². The van der Waals surface area contributed by atoms with Crippen molar-refractivity contribution in [1.29, 1.82) is 0 Å². The van der Waals surface area contributed by atoms with E-state index in [-0.39, 0.29) is 0 Å². The Bertz CT molecular complexity index is 287. The Kier molecular flexibility index (Phi) is 2.90. The van der Waals surface area contributed by atoms with E-state index in [0.717, 1.165) is 0 Å². The van der Waals surface area contributed by atoms with Gasteiger partial charge in [0.1, 0.15) is 0 Å². The van der Waals surface area contributed by atoms with Gasteiger partial charge in [-0.25, -0.2) is 0 Å². The second-order valence-electron chi connectivity index (χ2n) is 3.72. The number of hydrogen-bond acceptors (Lipinski definition) is 0. The SMILES string of the molecule is Cc1cc(P)c(C(C)C)cc1C. The second-order valence-corrected chi connectivity index (χ2v) is 4.34. The molecule has 0 heterocycles. The lowest BCUT2D eigenvalue weighted by molar-refractivity contribution is 0.871.